The van der Waals surface area contributed by atoms with E-state index in [9.17, 15) is 0 Å². The van der Waals surface area contributed by atoms with Crippen LogP contribution in [0.1, 0.15) is 18.9 Å². The summed E-state index contributed by atoms with van der Waals surface area (Å²) in [5.41, 5.74) is 6.71. The highest BCUT2D eigenvalue weighted by Crippen LogP contribution is 2.13. The molecule has 0 aromatic carbocycles. The fourth-order valence-electron chi connectivity index (χ4n) is 0.989. The van der Waals surface area contributed by atoms with Gasteiger partial charge in [-0.05, 0) is 31.4 Å². The summed E-state index contributed by atoms with van der Waals surface area (Å²) in [7, 11) is 0. The molecule has 3 heteroatoms. The molecule has 66 valence electrons. The van der Waals surface area contributed by atoms with Gasteiger partial charge >= 0.3 is 0 Å². The van der Waals surface area contributed by atoms with Gasteiger partial charge in [-0.25, -0.2) is 4.98 Å². The van der Waals surface area contributed by atoms with Crippen molar-refractivity contribution in [1.29, 1.82) is 0 Å². The number of halogens is 1. The lowest BCUT2D eigenvalue weighted by Crippen LogP contribution is -2.15. The summed E-state index contributed by atoms with van der Waals surface area (Å²) in [6.45, 7) is 1.99. The van der Waals surface area contributed by atoms with Gasteiger partial charge in [-0.3, -0.25) is 0 Å². The first-order valence-corrected chi connectivity index (χ1v) is 4.43. The molecule has 0 unspecified atom stereocenters. The first-order valence-electron chi connectivity index (χ1n) is 4.05. The Hall–Kier alpha value is -0.600. The van der Waals surface area contributed by atoms with Crippen molar-refractivity contribution in [2.75, 3.05) is 0 Å². The van der Waals surface area contributed by atoms with Crippen molar-refractivity contribution in [2.45, 2.75) is 25.8 Å². The van der Waals surface area contributed by atoms with Crippen molar-refractivity contribution in [3.05, 3.63) is 29.0 Å². The minimum absolute atomic E-state index is 0.223. The lowest BCUT2D eigenvalue weighted by molar-refractivity contribution is 0.665. The van der Waals surface area contributed by atoms with Gasteiger partial charge in [0.15, 0.2) is 0 Å². The summed E-state index contributed by atoms with van der Waals surface area (Å²) in [5.74, 6) is 0. The predicted octanol–water partition coefficient (Wildman–Crippen LogP) is 2.01. The largest absolute Gasteiger partial charge is 0.328 e. The SMILES string of the molecule is C[C@@H](N)CCc1cccnc1Cl. The van der Waals surface area contributed by atoms with Gasteiger partial charge in [0, 0.05) is 12.2 Å². The molecule has 0 aliphatic carbocycles. The average Bonchev–Trinajstić information content (AvgIpc) is 2.03. The van der Waals surface area contributed by atoms with Gasteiger partial charge in [-0.15, -0.1) is 0 Å². The predicted molar refractivity (Wildman–Crippen MR) is 51.2 cm³/mol. The van der Waals surface area contributed by atoms with E-state index in [0.717, 1.165) is 18.4 Å². The molecule has 0 saturated carbocycles. The van der Waals surface area contributed by atoms with Crippen molar-refractivity contribution < 1.29 is 0 Å². The van der Waals surface area contributed by atoms with Gasteiger partial charge in [0.05, 0.1) is 0 Å². The Bertz CT molecular complexity index is 248. The smallest absolute Gasteiger partial charge is 0.132 e. The van der Waals surface area contributed by atoms with Crippen LogP contribution in [-0.4, -0.2) is 11.0 Å². The van der Waals surface area contributed by atoms with Crippen LogP contribution in [0.3, 0.4) is 0 Å². The second-order valence-corrected chi connectivity index (χ2v) is 3.33. The van der Waals surface area contributed by atoms with E-state index in [2.05, 4.69) is 4.98 Å². The molecule has 0 saturated heterocycles. The minimum Gasteiger partial charge on any atom is -0.328 e. The number of pyridine rings is 1. The van der Waals surface area contributed by atoms with Crippen molar-refractivity contribution in [2.24, 2.45) is 5.73 Å². The zero-order valence-corrected chi connectivity index (χ0v) is 7.88. The molecule has 12 heavy (non-hydrogen) atoms. The molecule has 0 amide bonds. The number of nitrogens with zero attached hydrogens (tertiary/aromatic N) is 1. The van der Waals surface area contributed by atoms with Crippen LogP contribution in [0.25, 0.3) is 0 Å². The number of hydrogen-bond acceptors (Lipinski definition) is 2. The van der Waals surface area contributed by atoms with E-state index in [1.165, 1.54) is 0 Å². The number of hydrogen-bond donors (Lipinski definition) is 1. The molecule has 1 atom stereocenters. The van der Waals surface area contributed by atoms with Crippen molar-refractivity contribution in [1.82, 2.24) is 4.98 Å². The van der Waals surface area contributed by atoms with E-state index in [0.29, 0.717) is 5.15 Å². The molecule has 1 rings (SSSR count). The molecule has 0 bridgehead atoms. The Balaban J connectivity index is 2.57. The highest BCUT2D eigenvalue weighted by atomic mass is 35.5. The Labute approximate surface area is 77.8 Å². The summed E-state index contributed by atoms with van der Waals surface area (Å²) in [5, 5.41) is 0.596. The van der Waals surface area contributed by atoms with Crippen LogP contribution < -0.4 is 5.73 Å². The molecule has 0 aliphatic heterocycles. The zero-order chi connectivity index (χ0) is 8.97. The summed E-state index contributed by atoms with van der Waals surface area (Å²) in [4.78, 5) is 3.98. The van der Waals surface area contributed by atoms with E-state index in [-0.39, 0.29) is 6.04 Å². The monoisotopic (exact) mass is 184 g/mol. The van der Waals surface area contributed by atoms with Gasteiger partial charge < -0.3 is 5.73 Å². The fraction of sp³-hybridized carbons (Fsp3) is 0.444. The van der Waals surface area contributed by atoms with Crippen LogP contribution in [0, 0.1) is 0 Å². The number of aromatic nitrogens is 1. The molecule has 2 nitrogen and oxygen atoms in total. The third-order valence-corrected chi connectivity index (χ3v) is 2.05. The van der Waals surface area contributed by atoms with Crippen molar-refractivity contribution in [3.63, 3.8) is 0 Å². The Morgan fingerprint density at radius 1 is 1.67 bits per heavy atom. The van der Waals surface area contributed by atoms with E-state index < -0.39 is 0 Å². The zero-order valence-electron chi connectivity index (χ0n) is 7.13. The lowest BCUT2D eigenvalue weighted by atomic mass is 10.1. The maximum absolute atomic E-state index is 5.86. The van der Waals surface area contributed by atoms with Crippen LogP contribution >= 0.6 is 11.6 Å². The summed E-state index contributed by atoms with van der Waals surface area (Å²) >= 11 is 5.86. The normalized spacial score (nSPS) is 12.9. The molecule has 1 aromatic heterocycles. The first kappa shape index (κ1) is 9.49. The molecular formula is C9H13ClN2. The molecule has 1 heterocycles. The topological polar surface area (TPSA) is 38.9 Å². The van der Waals surface area contributed by atoms with Gasteiger partial charge in [-0.2, -0.15) is 0 Å². The van der Waals surface area contributed by atoms with Crippen LogP contribution in [0.4, 0.5) is 0 Å². The van der Waals surface area contributed by atoms with Crippen molar-refractivity contribution >= 4 is 11.6 Å². The molecule has 0 radical (unpaired) electrons. The maximum Gasteiger partial charge on any atom is 0.132 e. The molecule has 2 N–H and O–H groups in total. The maximum atomic E-state index is 5.86. The summed E-state index contributed by atoms with van der Waals surface area (Å²) in [6.07, 6.45) is 3.55. The van der Waals surface area contributed by atoms with Crippen LogP contribution in [0.5, 0.6) is 0 Å². The molecule has 0 spiro atoms. The Morgan fingerprint density at radius 3 is 3.00 bits per heavy atom. The van der Waals surface area contributed by atoms with Gasteiger partial charge in [-0.1, -0.05) is 17.7 Å². The Kier molecular flexibility index (Phi) is 3.50. The van der Waals surface area contributed by atoms with E-state index in [4.69, 9.17) is 17.3 Å². The van der Waals surface area contributed by atoms with Crippen LogP contribution in [0.2, 0.25) is 5.15 Å². The van der Waals surface area contributed by atoms with E-state index in [1.807, 2.05) is 19.1 Å². The second kappa shape index (κ2) is 4.43. The highest BCUT2D eigenvalue weighted by Gasteiger charge is 2.01. The van der Waals surface area contributed by atoms with E-state index >= 15 is 0 Å². The van der Waals surface area contributed by atoms with Gasteiger partial charge in [0.1, 0.15) is 5.15 Å². The second-order valence-electron chi connectivity index (χ2n) is 2.97. The number of rotatable bonds is 3. The lowest BCUT2D eigenvalue weighted by Gasteiger charge is -2.05. The Morgan fingerprint density at radius 2 is 2.42 bits per heavy atom. The third-order valence-electron chi connectivity index (χ3n) is 1.71. The highest BCUT2D eigenvalue weighted by molar-refractivity contribution is 6.30. The molecule has 1 aromatic rings. The van der Waals surface area contributed by atoms with Crippen molar-refractivity contribution in [3.8, 4) is 0 Å². The van der Waals surface area contributed by atoms with Gasteiger partial charge in [0.25, 0.3) is 0 Å². The summed E-state index contributed by atoms with van der Waals surface area (Å²) < 4.78 is 0. The first-order chi connectivity index (χ1) is 5.70. The minimum atomic E-state index is 0.223. The third kappa shape index (κ3) is 2.80. The quantitative estimate of drug-likeness (QED) is 0.730. The van der Waals surface area contributed by atoms with Crippen LogP contribution in [0.15, 0.2) is 18.3 Å². The van der Waals surface area contributed by atoms with E-state index in [1.54, 1.807) is 6.20 Å². The number of nitrogens with two attached hydrogens (primary N) is 1. The van der Waals surface area contributed by atoms with Gasteiger partial charge in [0.2, 0.25) is 0 Å². The standard InChI is InChI=1S/C9H13ClN2/c1-7(11)4-5-8-3-2-6-12-9(8)10/h2-3,6-7H,4-5,11H2,1H3/t7-/m1/s1. The molecule has 0 fully saturated rings. The average molecular weight is 185 g/mol. The molecule has 0 aliphatic rings. The molecular weight excluding hydrogens is 172 g/mol. The summed E-state index contributed by atoms with van der Waals surface area (Å²) in [6, 6.07) is 4.10. The fourth-order valence-corrected chi connectivity index (χ4v) is 1.20. The number of aryl methyl sites for hydroxylation is 1. The van der Waals surface area contributed by atoms with Crippen LogP contribution in [-0.2, 0) is 6.42 Å².